The van der Waals surface area contributed by atoms with Gasteiger partial charge in [0.05, 0.1) is 13.8 Å². The van der Waals surface area contributed by atoms with Gasteiger partial charge in [-0.15, -0.1) is 0 Å². The van der Waals surface area contributed by atoms with Crippen molar-refractivity contribution in [2.45, 2.75) is 71.2 Å². The number of phenols is 1. The number of aromatic hydroxyl groups is 1. The van der Waals surface area contributed by atoms with E-state index in [-0.39, 0.29) is 11.7 Å². The number of anilines is 1. The first-order chi connectivity index (χ1) is 18.6. The second-order valence-electron chi connectivity index (χ2n) is 10.8. The molecule has 4 rings (SSSR count). The maximum Gasteiger partial charge on any atom is 0.126 e. The minimum atomic E-state index is -0.515. The van der Waals surface area contributed by atoms with E-state index in [1.54, 1.807) is 20.3 Å². The largest absolute Gasteiger partial charge is 0.507 e. The molecule has 9 nitrogen and oxygen atoms in total. The van der Waals surface area contributed by atoms with Gasteiger partial charge in [-0.3, -0.25) is 9.80 Å². The Morgan fingerprint density at radius 1 is 0.974 bits per heavy atom. The van der Waals surface area contributed by atoms with Crippen LogP contribution in [0.25, 0.3) is 0 Å². The van der Waals surface area contributed by atoms with E-state index in [1.165, 1.54) is 18.4 Å². The number of benzene rings is 2. The van der Waals surface area contributed by atoms with E-state index in [9.17, 15) is 5.11 Å². The molecule has 1 unspecified atom stereocenters. The van der Waals surface area contributed by atoms with E-state index >= 15 is 0 Å². The molecule has 1 aliphatic carbocycles. The summed E-state index contributed by atoms with van der Waals surface area (Å²) < 4.78 is 9.73. The highest BCUT2D eigenvalue weighted by molar-refractivity contribution is 5.52. The molecule has 1 saturated heterocycles. The lowest BCUT2D eigenvalue weighted by molar-refractivity contribution is 0.104. The highest BCUT2D eigenvalue weighted by atomic mass is 16.5. The fourth-order valence-corrected chi connectivity index (χ4v) is 4.24. The molecule has 2 aromatic rings. The molecule has 8 N–H and O–H groups in total. The highest BCUT2D eigenvalue weighted by Crippen LogP contribution is 2.35. The summed E-state index contributed by atoms with van der Waals surface area (Å²) in [6.45, 7) is 14.5. The molecule has 1 atom stereocenters. The second-order valence-corrected chi connectivity index (χ2v) is 10.8. The SMILES string of the molecule is COCN.COc1cc(O)c(C(N)Nc2ccc(CN3CCN(C(C)C)CC3)cc2)cc1C(C)C.NC1CC1. The van der Waals surface area contributed by atoms with Gasteiger partial charge < -0.3 is 37.1 Å². The minimum Gasteiger partial charge on any atom is -0.507 e. The van der Waals surface area contributed by atoms with Crippen LogP contribution in [-0.4, -0.2) is 74.1 Å². The Kier molecular flexibility index (Phi) is 14.0. The van der Waals surface area contributed by atoms with Gasteiger partial charge in [0.1, 0.15) is 17.7 Å². The first-order valence-electron chi connectivity index (χ1n) is 14.0. The van der Waals surface area contributed by atoms with E-state index in [2.05, 4.69) is 71.8 Å². The molecule has 0 radical (unpaired) electrons. The predicted molar refractivity (Wildman–Crippen MR) is 161 cm³/mol. The van der Waals surface area contributed by atoms with Crippen molar-refractivity contribution in [2.24, 2.45) is 17.2 Å². The summed E-state index contributed by atoms with van der Waals surface area (Å²) in [5, 5.41) is 13.8. The molecule has 2 aliphatic rings. The fraction of sp³-hybridized carbons (Fsp3) is 0.600. The molecule has 0 aromatic heterocycles. The molecule has 0 spiro atoms. The summed E-state index contributed by atoms with van der Waals surface area (Å²) in [5.41, 5.74) is 20.3. The number of rotatable bonds is 9. The van der Waals surface area contributed by atoms with Crippen molar-refractivity contribution in [1.82, 2.24) is 9.80 Å². The maximum atomic E-state index is 10.4. The van der Waals surface area contributed by atoms with Gasteiger partial charge in [0, 0.05) is 69.2 Å². The molecule has 0 bridgehead atoms. The minimum absolute atomic E-state index is 0.137. The van der Waals surface area contributed by atoms with Crippen LogP contribution in [0.5, 0.6) is 11.5 Å². The average Bonchev–Trinajstić information content (AvgIpc) is 3.72. The van der Waals surface area contributed by atoms with Crippen LogP contribution in [0.1, 0.15) is 69.3 Å². The van der Waals surface area contributed by atoms with E-state index < -0.39 is 6.17 Å². The Labute approximate surface area is 235 Å². The van der Waals surface area contributed by atoms with Crippen LogP contribution in [0.15, 0.2) is 36.4 Å². The van der Waals surface area contributed by atoms with Gasteiger partial charge in [-0.2, -0.15) is 0 Å². The van der Waals surface area contributed by atoms with E-state index in [4.69, 9.17) is 21.9 Å². The van der Waals surface area contributed by atoms with Crippen LogP contribution in [-0.2, 0) is 11.3 Å². The molecular formula is C30H52N6O3. The number of nitrogens with one attached hydrogen (secondary N) is 1. The third-order valence-electron chi connectivity index (χ3n) is 6.94. The highest BCUT2D eigenvalue weighted by Gasteiger charge is 2.19. The van der Waals surface area contributed by atoms with Crippen molar-refractivity contribution in [3.8, 4) is 11.5 Å². The summed E-state index contributed by atoms with van der Waals surface area (Å²) in [6, 6.07) is 13.2. The number of hydrogen-bond donors (Lipinski definition) is 5. The van der Waals surface area contributed by atoms with Gasteiger partial charge in [0.15, 0.2) is 0 Å². The quantitative estimate of drug-likeness (QED) is 0.299. The van der Waals surface area contributed by atoms with E-state index in [1.807, 2.05) is 6.07 Å². The zero-order valence-electron chi connectivity index (χ0n) is 24.8. The van der Waals surface area contributed by atoms with Crippen molar-refractivity contribution in [2.75, 3.05) is 52.4 Å². The van der Waals surface area contributed by atoms with Crippen molar-refractivity contribution in [3.05, 3.63) is 53.1 Å². The number of methoxy groups -OCH3 is 2. The summed E-state index contributed by atoms with van der Waals surface area (Å²) in [6.07, 6.45) is 2.01. The maximum absolute atomic E-state index is 10.4. The van der Waals surface area contributed by atoms with Crippen LogP contribution in [0.2, 0.25) is 0 Å². The first-order valence-corrected chi connectivity index (χ1v) is 14.0. The topological polar surface area (TPSA) is 135 Å². The molecule has 0 amide bonds. The molecule has 2 fully saturated rings. The van der Waals surface area contributed by atoms with Gasteiger partial charge in [0.25, 0.3) is 0 Å². The molecular weight excluding hydrogens is 492 g/mol. The third-order valence-corrected chi connectivity index (χ3v) is 6.94. The monoisotopic (exact) mass is 544 g/mol. The van der Waals surface area contributed by atoms with Crippen LogP contribution in [0.4, 0.5) is 5.69 Å². The Balaban J connectivity index is 0.000000577. The van der Waals surface area contributed by atoms with Crippen LogP contribution in [0.3, 0.4) is 0 Å². The van der Waals surface area contributed by atoms with Crippen LogP contribution in [0, 0.1) is 0 Å². The lowest BCUT2D eigenvalue weighted by Gasteiger charge is -2.37. The van der Waals surface area contributed by atoms with Crippen molar-refractivity contribution in [1.29, 1.82) is 0 Å². The lowest BCUT2D eigenvalue weighted by Crippen LogP contribution is -2.48. The van der Waals surface area contributed by atoms with Gasteiger partial charge in [0.2, 0.25) is 0 Å². The molecule has 1 saturated carbocycles. The standard InChI is InChI=1S/C25H38N4O2.C3H7N.C2H7NO/c1-17(2)21-14-22(23(30)15-24(21)31-5)25(26)27-20-8-6-19(7-9-20)16-28-10-12-29(13-11-28)18(3)4;4-3-1-2-3;1-4-2-3/h6-9,14-15,17-18,25,27,30H,10-13,16,26H2,1-5H3;3H,1-2,4H2;2-3H2,1H3. The summed E-state index contributed by atoms with van der Waals surface area (Å²) >= 11 is 0. The summed E-state index contributed by atoms with van der Waals surface area (Å²) in [4.78, 5) is 5.04. The molecule has 220 valence electrons. The normalized spacial score (nSPS) is 16.7. The number of hydrogen-bond acceptors (Lipinski definition) is 9. The van der Waals surface area contributed by atoms with Crippen molar-refractivity contribution in [3.63, 3.8) is 0 Å². The first kappa shape index (κ1) is 32.8. The number of phenolic OH excluding ortho intramolecular Hbond substituents is 1. The number of nitrogens with two attached hydrogens (primary N) is 3. The Morgan fingerprint density at radius 3 is 1.97 bits per heavy atom. The van der Waals surface area contributed by atoms with E-state index in [0.29, 0.717) is 30.1 Å². The van der Waals surface area contributed by atoms with Gasteiger partial charge in [-0.1, -0.05) is 26.0 Å². The molecule has 39 heavy (non-hydrogen) atoms. The zero-order chi connectivity index (χ0) is 28.9. The average molecular weight is 545 g/mol. The van der Waals surface area contributed by atoms with Gasteiger partial charge >= 0.3 is 0 Å². The molecule has 9 heteroatoms. The summed E-state index contributed by atoms with van der Waals surface area (Å²) in [7, 11) is 3.17. The van der Waals surface area contributed by atoms with E-state index in [0.717, 1.165) is 44.0 Å². The predicted octanol–water partition coefficient (Wildman–Crippen LogP) is 3.78. The summed E-state index contributed by atoms with van der Waals surface area (Å²) in [5.74, 6) is 1.09. The van der Waals surface area contributed by atoms with Crippen molar-refractivity contribution >= 4 is 5.69 Å². The second kappa shape index (κ2) is 16.6. The zero-order valence-corrected chi connectivity index (χ0v) is 24.8. The lowest BCUT2D eigenvalue weighted by atomic mass is 9.97. The Morgan fingerprint density at radius 2 is 1.54 bits per heavy atom. The smallest absolute Gasteiger partial charge is 0.126 e. The number of ether oxygens (including phenoxy) is 2. The third kappa shape index (κ3) is 11.3. The Bertz CT molecular complexity index is 956. The fourth-order valence-electron chi connectivity index (χ4n) is 4.24. The number of piperazine rings is 1. The molecule has 1 heterocycles. The Hall–Kier alpha value is -2.40. The van der Waals surface area contributed by atoms with Crippen LogP contribution < -0.4 is 27.3 Å². The van der Waals surface area contributed by atoms with Gasteiger partial charge in [-0.25, -0.2) is 0 Å². The van der Waals surface area contributed by atoms with Crippen molar-refractivity contribution < 1.29 is 14.6 Å². The molecule has 2 aromatic carbocycles. The van der Waals surface area contributed by atoms with Crippen LogP contribution >= 0.6 is 0 Å². The number of nitrogens with zero attached hydrogens (tertiary/aromatic N) is 2. The van der Waals surface area contributed by atoms with Gasteiger partial charge in [-0.05, 0) is 61.9 Å². The molecule has 1 aliphatic heterocycles.